The molecule has 0 saturated carbocycles. The van der Waals surface area contributed by atoms with Crippen LogP contribution in [0.1, 0.15) is 5.69 Å². The van der Waals surface area contributed by atoms with Gasteiger partial charge in [0.05, 0.1) is 10.7 Å². The van der Waals surface area contributed by atoms with Crippen molar-refractivity contribution in [3.05, 3.63) is 51.6 Å². The summed E-state index contributed by atoms with van der Waals surface area (Å²) in [6.07, 6.45) is 0. The number of nitrogens with one attached hydrogen (secondary N) is 1. The second kappa shape index (κ2) is 6.45. The number of pyridine rings is 1. The van der Waals surface area contributed by atoms with Gasteiger partial charge in [-0.15, -0.1) is 11.8 Å². The summed E-state index contributed by atoms with van der Waals surface area (Å²) in [5.74, 6) is 1.58. The Morgan fingerprint density at radius 3 is 2.78 bits per heavy atom. The zero-order valence-corrected chi connectivity index (χ0v) is 12.9. The lowest BCUT2D eigenvalue weighted by atomic mass is 10.3. The molecule has 0 atom stereocenters. The summed E-state index contributed by atoms with van der Waals surface area (Å²) in [6, 6.07) is 11.9. The zero-order valence-electron chi connectivity index (χ0n) is 9.78. The highest BCUT2D eigenvalue weighted by Crippen LogP contribution is 2.31. The highest BCUT2D eigenvalue weighted by Gasteiger charge is 2.06. The van der Waals surface area contributed by atoms with Crippen LogP contribution < -0.4 is 5.32 Å². The highest BCUT2D eigenvalue weighted by molar-refractivity contribution is 9.10. The molecular weight excluding hydrogens is 332 g/mol. The van der Waals surface area contributed by atoms with Crippen molar-refractivity contribution in [2.45, 2.75) is 10.6 Å². The highest BCUT2D eigenvalue weighted by atomic mass is 79.9. The van der Waals surface area contributed by atoms with E-state index in [0.29, 0.717) is 5.02 Å². The number of benzene rings is 1. The summed E-state index contributed by atoms with van der Waals surface area (Å²) < 4.78 is 1.09. The molecule has 0 aliphatic heterocycles. The summed E-state index contributed by atoms with van der Waals surface area (Å²) in [6.45, 7) is 0. The van der Waals surface area contributed by atoms with Crippen molar-refractivity contribution in [1.82, 2.24) is 4.98 Å². The number of anilines is 1. The lowest BCUT2D eigenvalue weighted by Crippen LogP contribution is -1.96. The van der Waals surface area contributed by atoms with Crippen molar-refractivity contribution in [2.75, 3.05) is 12.4 Å². The zero-order chi connectivity index (χ0) is 13.0. The van der Waals surface area contributed by atoms with Crippen LogP contribution in [0.2, 0.25) is 5.02 Å². The van der Waals surface area contributed by atoms with E-state index in [2.05, 4.69) is 32.3 Å². The van der Waals surface area contributed by atoms with Gasteiger partial charge in [0.25, 0.3) is 0 Å². The van der Waals surface area contributed by atoms with Crippen LogP contribution in [0.15, 0.2) is 45.8 Å². The standard InChI is InChI=1S/C13H12BrClN2S/c1-16-13-7-6-10(15)11(17-13)8-18-12-5-3-2-4-9(12)14/h2-7H,8H2,1H3,(H,16,17). The monoisotopic (exact) mass is 342 g/mol. The molecule has 2 aromatic rings. The van der Waals surface area contributed by atoms with Gasteiger partial charge in [0.2, 0.25) is 0 Å². The van der Waals surface area contributed by atoms with Crippen molar-refractivity contribution in [3.63, 3.8) is 0 Å². The summed E-state index contributed by atoms with van der Waals surface area (Å²) in [7, 11) is 1.85. The first-order valence-corrected chi connectivity index (χ1v) is 7.57. The SMILES string of the molecule is CNc1ccc(Cl)c(CSc2ccccc2Br)n1. The van der Waals surface area contributed by atoms with Crippen molar-refractivity contribution in [3.8, 4) is 0 Å². The van der Waals surface area contributed by atoms with Gasteiger partial charge in [-0.1, -0.05) is 23.7 Å². The van der Waals surface area contributed by atoms with E-state index in [1.165, 1.54) is 4.90 Å². The van der Waals surface area contributed by atoms with E-state index >= 15 is 0 Å². The molecule has 5 heteroatoms. The molecule has 0 fully saturated rings. The minimum Gasteiger partial charge on any atom is -0.373 e. The lowest BCUT2D eigenvalue weighted by molar-refractivity contribution is 1.16. The van der Waals surface area contributed by atoms with Crippen LogP contribution >= 0.6 is 39.3 Å². The first kappa shape index (κ1) is 13.7. The third-order valence-corrected chi connectivity index (χ3v) is 4.76. The van der Waals surface area contributed by atoms with Crippen LogP contribution in [-0.2, 0) is 5.75 Å². The Morgan fingerprint density at radius 1 is 1.28 bits per heavy atom. The first-order chi connectivity index (χ1) is 8.70. The molecule has 0 aliphatic rings. The van der Waals surface area contributed by atoms with Gasteiger partial charge in [0, 0.05) is 22.2 Å². The Morgan fingerprint density at radius 2 is 2.06 bits per heavy atom. The quantitative estimate of drug-likeness (QED) is 0.805. The van der Waals surface area contributed by atoms with Crippen molar-refractivity contribution >= 4 is 45.1 Å². The fourth-order valence-electron chi connectivity index (χ4n) is 1.43. The van der Waals surface area contributed by atoms with Gasteiger partial charge in [0.15, 0.2) is 0 Å². The van der Waals surface area contributed by atoms with Crippen LogP contribution in [-0.4, -0.2) is 12.0 Å². The molecule has 1 aromatic carbocycles. The Balaban J connectivity index is 2.13. The van der Waals surface area contributed by atoms with E-state index in [9.17, 15) is 0 Å². The van der Waals surface area contributed by atoms with E-state index in [1.54, 1.807) is 11.8 Å². The number of halogens is 2. The fraction of sp³-hybridized carbons (Fsp3) is 0.154. The molecule has 0 amide bonds. The fourth-order valence-corrected chi connectivity index (χ4v) is 3.21. The van der Waals surface area contributed by atoms with Gasteiger partial charge >= 0.3 is 0 Å². The average molecular weight is 344 g/mol. The molecule has 0 spiro atoms. The second-order valence-electron chi connectivity index (χ2n) is 3.59. The number of rotatable bonds is 4. The van der Waals surface area contributed by atoms with E-state index in [4.69, 9.17) is 11.6 Å². The predicted octanol–water partition coefficient (Wildman–Crippen LogP) is 4.83. The molecule has 94 valence electrons. The van der Waals surface area contributed by atoms with Gasteiger partial charge in [-0.25, -0.2) is 4.98 Å². The van der Waals surface area contributed by atoms with Crippen LogP contribution in [0.3, 0.4) is 0 Å². The molecule has 18 heavy (non-hydrogen) atoms. The van der Waals surface area contributed by atoms with Gasteiger partial charge in [-0.3, -0.25) is 0 Å². The Hall–Kier alpha value is -0.710. The smallest absolute Gasteiger partial charge is 0.126 e. The minimum atomic E-state index is 0.702. The van der Waals surface area contributed by atoms with Gasteiger partial charge in [-0.05, 0) is 40.2 Å². The van der Waals surface area contributed by atoms with Crippen LogP contribution in [0, 0.1) is 0 Å². The van der Waals surface area contributed by atoms with Crippen LogP contribution in [0.5, 0.6) is 0 Å². The maximum Gasteiger partial charge on any atom is 0.126 e. The molecule has 1 aromatic heterocycles. The number of nitrogens with zero attached hydrogens (tertiary/aromatic N) is 1. The molecule has 0 unspecified atom stereocenters. The summed E-state index contributed by atoms with van der Waals surface area (Å²) in [4.78, 5) is 5.64. The van der Waals surface area contributed by atoms with E-state index in [1.807, 2.05) is 37.4 Å². The Bertz CT molecular complexity index is 548. The molecule has 0 bridgehead atoms. The molecule has 0 saturated heterocycles. The molecule has 1 N–H and O–H groups in total. The van der Waals surface area contributed by atoms with E-state index in [-0.39, 0.29) is 0 Å². The molecule has 0 aliphatic carbocycles. The molecule has 1 heterocycles. The number of aromatic nitrogens is 1. The van der Waals surface area contributed by atoms with Crippen LogP contribution in [0.25, 0.3) is 0 Å². The number of hydrogen-bond acceptors (Lipinski definition) is 3. The van der Waals surface area contributed by atoms with E-state index in [0.717, 1.165) is 21.7 Å². The van der Waals surface area contributed by atoms with Crippen molar-refractivity contribution in [1.29, 1.82) is 0 Å². The largest absolute Gasteiger partial charge is 0.373 e. The third kappa shape index (κ3) is 3.40. The molecule has 2 rings (SSSR count). The van der Waals surface area contributed by atoms with E-state index < -0.39 is 0 Å². The van der Waals surface area contributed by atoms with Crippen molar-refractivity contribution in [2.24, 2.45) is 0 Å². The Kier molecular flexibility index (Phi) is 4.92. The van der Waals surface area contributed by atoms with Crippen molar-refractivity contribution < 1.29 is 0 Å². The van der Waals surface area contributed by atoms with Gasteiger partial charge in [0.1, 0.15) is 5.82 Å². The lowest BCUT2D eigenvalue weighted by Gasteiger charge is -2.07. The maximum atomic E-state index is 6.14. The summed E-state index contributed by atoms with van der Waals surface area (Å²) in [5.41, 5.74) is 0.893. The number of hydrogen-bond donors (Lipinski definition) is 1. The van der Waals surface area contributed by atoms with Crippen LogP contribution in [0.4, 0.5) is 5.82 Å². The normalized spacial score (nSPS) is 10.4. The van der Waals surface area contributed by atoms with Gasteiger partial charge < -0.3 is 5.32 Å². The summed E-state index contributed by atoms with van der Waals surface area (Å²) in [5, 5.41) is 3.72. The minimum absolute atomic E-state index is 0.702. The maximum absolute atomic E-state index is 6.14. The number of thioether (sulfide) groups is 1. The molecule has 0 radical (unpaired) electrons. The Labute approximate surface area is 124 Å². The topological polar surface area (TPSA) is 24.9 Å². The molecule has 2 nitrogen and oxygen atoms in total. The second-order valence-corrected chi connectivity index (χ2v) is 5.87. The molecular formula is C13H12BrClN2S. The first-order valence-electron chi connectivity index (χ1n) is 5.41. The average Bonchev–Trinajstić information content (AvgIpc) is 2.39. The third-order valence-electron chi connectivity index (χ3n) is 2.38. The summed E-state index contributed by atoms with van der Waals surface area (Å²) >= 11 is 11.4. The predicted molar refractivity (Wildman–Crippen MR) is 82.5 cm³/mol. The van der Waals surface area contributed by atoms with Gasteiger partial charge in [-0.2, -0.15) is 0 Å².